The smallest absolute Gasteiger partial charge is 0.338 e. The summed E-state index contributed by atoms with van der Waals surface area (Å²) in [5, 5.41) is 5.66. The minimum Gasteiger partial charge on any atom is -0.459 e. The Morgan fingerprint density at radius 1 is 1.12 bits per heavy atom. The van der Waals surface area contributed by atoms with Crippen molar-refractivity contribution in [3.8, 4) is 0 Å². The molecule has 0 fully saturated rings. The van der Waals surface area contributed by atoms with Crippen molar-refractivity contribution in [2.45, 2.75) is 32.9 Å². The molecular weight excluding hydrogens is 406 g/mol. The molecule has 3 amide bonds. The number of allylic oxidation sites excluding steroid dienone is 1. The van der Waals surface area contributed by atoms with Gasteiger partial charge in [-0.15, -0.1) is 0 Å². The minimum absolute atomic E-state index is 0.287. The van der Waals surface area contributed by atoms with Crippen LogP contribution in [0.2, 0.25) is 0 Å². The first-order valence-corrected chi connectivity index (χ1v) is 10.4. The van der Waals surface area contributed by atoms with Gasteiger partial charge >= 0.3 is 12.0 Å². The normalized spacial score (nSPS) is 16.3. The van der Waals surface area contributed by atoms with Gasteiger partial charge in [-0.1, -0.05) is 42.5 Å². The zero-order chi connectivity index (χ0) is 23.3. The van der Waals surface area contributed by atoms with Crippen molar-refractivity contribution >= 4 is 29.7 Å². The fourth-order valence-electron chi connectivity index (χ4n) is 3.34. The van der Waals surface area contributed by atoms with Gasteiger partial charge < -0.3 is 20.3 Å². The zero-order valence-electron chi connectivity index (χ0n) is 18.6. The topological polar surface area (TPSA) is 87.7 Å². The van der Waals surface area contributed by atoms with Gasteiger partial charge in [-0.25, -0.2) is 9.59 Å². The van der Waals surface area contributed by atoms with Gasteiger partial charge in [0.1, 0.15) is 0 Å². The van der Waals surface area contributed by atoms with Crippen molar-refractivity contribution in [3.05, 3.63) is 83.1 Å². The van der Waals surface area contributed by atoms with Gasteiger partial charge in [-0.2, -0.15) is 0 Å². The van der Waals surface area contributed by atoms with E-state index in [-0.39, 0.29) is 18.0 Å². The summed E-state index contributed by atoms with van der Waals surface area (Å²) in [6.45, 7) is 5.25. The molecule has 2 aromatic rings. The summed E-state index contributed by atoms with van der Waals surface area (Å²) in [6, 6.07) is 15.5. The molecule has 1 aliphatic rings. The Bertz CT molecular complexity index is 1070. The van der Waals surface area contributed by atoms with E-state index < -0.39 is 12.0 Å². The fourth-order valence-corrected chi connectivity index (χ4v) is 3.34. The third-order valence-electron chi connectivity index (χ3n) is 5.03. The molecule has 0 bridgehead atoms. The molecule has 7 nitrogen and oxygen atoms in total. The van der Waals surface area contributed by atoms with Crippen LogP contribution >= 0.6 is 0 Å². The molecule has 0 saturated carbocycles. The molecule has 1 unspecified atom stereocenters. The highest BCUT2D eigenvalue weighted by Crippen LogP contribution is 2.32. The van der Waals surface area contributed by atoms with Crippen LogP contribution in [0.3, 0.4) is 0 Å². The number of amides is 3. The molecule has 1 heterocycles. The Kier molecular flexibility index (Phi) is 7.10. The van der Waals surface area contributed by atoms with E-state index in [0.717, 1.165) is 5.56 Å². The number of hydrogen-bond acceptors (Lipinski definition) is 4. The maximum Gasteiger partial charge on any atom is 0.338 e. The van der Waals surface area contributed by atoms with Gasteiger partial charge in [0.2, 0.25) is 5.91 Å². The molecule has 0 spiro atoms. The van der Waals surface area contributed by atoms with E-state index in [1.165, 1.54) is 11.0 Å². The molecule has 166 valence electrons. The standard InChI is InChI=1S/C25H27N3O4/c1-16(2)32-24(30)22-17(3)28(4)25(31)27-23(22)19-11-8-12-20(15-19)26-21(29)14-13-18-9-6-5-7-10-18/h5-16,23H,1-4H3,(H,26,29)(H,27,31). The molecule has 0 saturated heterocycles. The minimum atomic E-state index is -0.693. The third-order valence-corrected chi connectivity index (χ3v) is 5.03. The van der Waals surface area contributed by atoms with Gasteiger partial charge in [-0.05, 0) is 50.1 Å². The second kappa shape index (κ2) is 9.96. The van der Waals surface area contributed by atoms with Crippen molar-refractivity contribution in [1.29, 1.82) is 0 Å². The largest absolute Gasteiger partial charge is 0.459 e. The number of nitrogens with zero attached hydrogens (tertiary/aromatic N) is 1. The Hall–Kier alpha value is -3.87. The lowest BCUT2D eigenvalue weighted by Gasteiger charge is -2.33. The molecule has 1 aliphatic heterocycles. The van der Waals surface area contributed by atoms with E-state index in [0.29, 0.717) is 22.5 Å². The maximum atomic E-state index is 12.8. The number of nitrogens with one attached hydrogen (secondary N) is 2. The summed E-state index contributed by atoms with van der Waals surface area (Å²) in [6.07, 6.45) is 2.88. The van der Waals surface area contributed by atoms with Crippen molar-refractivity contribution in [2.75, 3.05) is 12.4 Å². The highest BCUT2D eigenvalue weighted by atomic mass is 16.5. The zero-order valence-corrected chi connectivity index (χ0v) is 18.6. The lowest BCUT2D eigenvalue weighted by molar-refractivity contribution is -0.143. The first kappa shape index (κ1) is 22.8. The van der Waals surface area contributed by atoms with Crippen LogP contribution in [0, 0.1) is 0 Å². The molecule has 0 radical (unpaired) electrons. The Morgan fingerprint density at radius 2 is 1.84 bits per heavy atom. The summed E-state index contributed by atoms with van der Waals surface area (Å²) in [4.78, 5) is 39.0. The van der Waals surface area contributed by atoms with Crippen molar-refractivity contribution in [3.63, 3.8) is 0 Å². The number of rotatable bonds is 6. The molecule has 0 aliphatic carbocycles. The van der Waals surface area contributed by atoms with Crippen LogP contribution in [0.25, 0.3) is 6.08 Å². The average molecular weight is 434 g/mol. The number of hydrogen-bond donors (Lipinski definition) is 2. The lowest BCUT2D eigenvalue weighted by Crippen LogP contribution is -2.46. The number of anilines is 1. The molecule has 2 N–H and O–H groups in total. The molecule has 7 heteroatoms. The molecule has 1 atom stereocenters. The molecular formula is C25H27N3O4. The Morgan fingerprint density at radius 3 is 2.53 bits per heavy atom. The van der Waals surface area contributed by atoms with E-state index in [1.807, 2.05) is 30.3 Å². The van der Waals surface area contributed by atoms with Crippen molar-refractivity contribution < 1.29 is 19.1 Å². The SMILES string of the molecule is CC1=C(C(=O)OC(C)C)C(c2cccc(NC(=O)C=Cc3ccccc3)c2)NC(=O)N1C. The van der Waals surface area contributed by atoms with Crippen LogP contribution in [0.1, 0.15) is 37.9 Å². The molecule has 32 heavy (non-hydrogen) atoms. The second-order valence-electron chi connectivity index (χ2n) is 7.75. The molecule has 2 aromatic carbocycles. The lowest BCUT2D eigenvalue weighted by atomic mass is 9.94. The van der Waals surface area contributed by atoms with Crippen molar-refractivity contribution in [2.24, 2.45) is 0 Å². The maximum absolute atomic E-state index is 12.8. The summed E-state index contributed by atoms with van der Waals surface area (Å²) >= 11 is 0. The summed E-state index contributed by atoms with van der Waals surface area (Å²) in [5.74, 6) is -0.779. The average Bonchev–Trinajstić information content (AvgIpc) is 2.76. The molecule has 3 rings (SSSR count). The van der Waals surface area contributed by atoms with Crippen LogP contribution in [-0.2, 0) is 14.3 Å². The van der Waals surface area contributed by atoms with Gasteiger partial charge in [0, 0.05) is 24.5 Å². The number of carbonyl (C=O) groups excluding carboxylic acids is 3. The number of benzene rings is 2. The second-order valence-corrected chi connectivity index (χ2v) is 7.75. The highest BCUT2D eigenvalue weighted by Gasteiger charge is 2.35. The number of carbonyl (C=O) groups is 3. The first-order chi connectivity index (χ1) is 15.3. The quantitative estimate of drug-likeness (QED) is 0.526. The Balaban J connectivity index is 1.84. The van der Waals surface area contributed by atoms with E-state index >= 15 is 0 Å². The monoisotopic (exact) mass is 433 g/mol. The number of ether oxygens (including phenoxy) is 1. The predicted octanol–water partition coefficient (Wildman–Crippen LogP) is 4.26. The van der Waals surface area contributed by atoms with Gasteiger partial charge in [-0.3, -0.25) is 4.79 Å². The predicted molar refractivity (Wildman–Crippen MR) is 124 cm³/mol. The van der Waals surface area contributed by atoms with E-state index in [2.05, 4.69) is 10.6 Å². The third kappa shape index (κ3) is 5.43. The van der Waals surface area contributed by atoms with Crippen LogP contribution in [0.4, 0.5) is 10.5 Å². The van der Waals surface area contributed by atoms with Gasteiger partial charge in [0.05, 0.1) is 17.7 Å². The van der Waals surface area contributed by atoms with Gasteiger partial charge in [0.25, 0.3) is 0 Å². The number of esters is 1. The summed E-state index contributed by atoms with van der Waals surface area (Å²) in [7, 11) is 1.60. The first-order valence-electron chi connectivity index (χ1n) is 10.4. The van der Waals surface area contributed by atoms with Crippen LogP contribution < -0.4 is 10.6 Å². The summed E-state index contributed by atoms with van der Waals surface area (Å²) in [5.41, 5.74) is 3.00. The van der Waals surface area contributed by atoms with E-state index in [9.17, 15) is 14.4 Å². The van der Waals surface area contributed by atoms with Crippen molar-refractivity contribution in [1.82, 2.24) is 10.2 Å². The fraction of sp³-hybridized carbons (Fsp3) is 0.240. The highest BCUT2D eigenvalue weighted by molar-refractivity contribution is 6.02. The Labute approximate surface area is 187 Å². The van der Waals surface area contributed by atoms with Crippen LogP contribution in [0.5, 0.6) is 0 Å². The van der Waals surface area contributed by atoms with Crippen LogP contribution in [0.15, 0.2) is 71.9 Å². The molecule has 0 aromatic heterocycles. The van der Waals surface area contributed by atoms with Crippen LogP contribution in [-0.4, -0.2) is 36.0 Å². The summed E-state index contributed by atoms with van der Waals surface area (Å²) < 4.78 is 5.41. The van der Waals surface area contributed by atoms with Gasteiger partial charge in [0.15, 0.2) is 0 Å². The number of urea groups is 1. The van der Waals surface area contributed by atoms with E-state index in [1.54, 1.807) is 58.2 Å². The van der Waals surface area contributed by atoms with E-state index in [4.69, 9.17) is 4.74 Å².